The highest BCUT2D eigenvalue weighted by molar-refractivity contribution is 7.80. The average Bonchev–Trinajstić information content (AvgIpc) is 2.56. The number of carbonyl (C=O) groups is 2. The molecule has 0 fully saturated rings. The van der Waals surface area contributed by atoms with Crippen molar-refractivity contribution in [3.05, 3.63) is 58.9 Å². The van der Waals surface area contributed by atoms with Gasteiger partial charge in [-0.15, -0.1) is 0 Å². The molecule has 6 nitrogen and oxygen atoms in total. The molecule has 1 heterocycles. The highest BCUT2D eigenvalue weighted by Crippen LogP contribution is 2.10. The second kappa shape index (κ2) is 7.66. The number of nitrogens with one attached hydrogen (secondary N) is 2. The number of nitrogens with zero attached hydrogens (tertiary/aromatic N) is 1. The SMILES string of the molecule is COC(=O)c1ccc(C(=O)NC(=S)Nc2ccc(Cl)nc2)cc1. The summed E-state index contributed by atoms with van der Waals surface area (Å²) in [6.07, 6.45) is 1.49. The second-order valence-electron chi connectivity index (χ2n) is 4.35. The Bertz CT molecular complexity index is 733. The molecule has 2 aromatic rings. The summed E-state index contributed by atoms with van der Waals surface area (Å²) < 4.78 is 4.59. The number of amides is 1. The Balaban J connectivity index is 1.96. The summed E-state index contributed by atoms with van der Waals surface area (Å²) in [5.74, 6) is -0.870. The van der Waals surface area contributed by atoms with E-state index in [0.717, 1.165) is 0 Å². The van der Waals surface area contributed by atoms with Crippen LogP contribution in [0.3, 0.4) is 0 Å². The van der Waals surface area contributed by atoms with Gasteiger partial charge >= 0.3 is 5.97 Å². The topological polar surface area (TPSA) is 80.3 Å². The molecule has 2 rings (SSSR count). The summed E-state index contributed by atoms with van der Waals surface area (Å²) in [5, 5.41) is 5.82. The zero-order valence-corrected chi connectivity index (χ0v) is 13.6. The first-order valence-corrected chi connectivity index (χ1v) is 7.20. The third kappa shape index (κ3) is 4.73. The number of esters is 1. The van der Waals surface area contributed by atoms with Crippen molar-refractivity contribution in [2.75, 3.05) is 12.4 Å². The molecule has 0 saturated carbocycles. The summed E-state index contributed by atoms with van der Waals surface area (Å²) in [5.41, 5.74) is 1.31. The van der Waals surface area contributed by atoms with Crippen molar-refractivity contribution in [1.29, 1.82) is 0 Å². The van der Waals surface area contributed by atoms with E-state index >= 15 is 0 Å². The first-order chi connectivity index (χ1) is 11.0. The van der Waals surface area contributed by atoms with Gasteiger partial charge in [-0.1, -0.05) is 11.6 Å². The first kappa shape index (κ1) is 16.9. The number of ether oxygens (including phenoxy) is 1. The van der Waals surface area contributed by atoms with Gasteiger partial charge in [-0.3, -0.25) is 10.1 Å². The molecule has 118 valence electrons. The number of hydrogen-bond donors (Lipinski definition) is 2. The van der Waals surface area contributed by atoms with E-state index in [2.05, 4.69) is 20.4 Å². The molecule has 0 aliphatic rings. The van der Waals surface area contributed by atoms with Crippen molar-refractivity contribution in [3.63, 3.8) is 0 Å². The maximum absolute atomic E-state index is 12.1. The fourth-order valence-corrected chi connectivity index (χ4v) is 1.99. The molecule has 1 aromatic heterocycles. The second-order valence-corrected chi connectivity index (χ2v) is 5.14. The largest absolute Gasteiger partial charge is 0.465 e. The van der Waals surface area contributed by atoms with Crippen LogP contribution in [0.2, 0.25) is 5.15 Å². The van der Waals surface area contributed by atoms with Crippen molar-refractivity contribution in [3.8, 4) is 0 Å². The van der Waals surface area contributed by atoms with Crippen LogP contribution >= 0.6 is 23.8 Å². The van der Waals surface area contributed by atoms with Gasteiger partial charge in [-0.05, 0) is 48.6 Å². The van der Waals surface area contributed by atoms with Crippen LogP contribution in [0.4, 0.5) is 5.69 Å². The molecule has 8 heteroatoms. The Morgan fingerprint density at radius 2 is 1.78 bits per heavy atom. The van der Waals surface area contributed by atoms with Crippen LogP contribution < -0.4 is 10.6 Å². The third-order valence-electron chi connectivity index (χ3n) is 2.78. The number of pyridine rings is 1. The fourth-order valence-electron chi connectivity index (χ4n) is 1.66. The molecular weight excluding hydrogens is 338 g/mol. The van der Waals surface area contributed by atoms with Crippen LogP contribution in [0.1, 0.15) is 20.7 Å². The van der Waals surface area contributed by atoms with Crippen LogP contribution in [-0.4, -0.2) is 29.1 Å². The van der Waals surface area contributed by atoms with Crippen LogP contribution in [0.15, 0.2) is 42.6 Å². The smallest absolute Gasteiger partial charge is 0.337 e. The number of aromatic nitrogens is 1. The van der Waals surface area contributed by atoms with E-state index < -0.39 is 11.9 Å². The summed E-state index contributed by atoms with van der Waals surface area (Å²) in [6, 6.07) is 9.29. The molecule has 23 heavy (non-hydrogen) atoms. The molecule has 0 radical (unpaired) electrons. The van der Waals surface area contributed by atoms with E-state index in [0.29, 0.717) is 22.0 Å². The van der Waals surface area contributed by atoms with Gasteiger partial charge in [0.15, 0.2) is 5.11 Å². The van der Waals surface area contributed by atoms with Gasteiger partial charge < -0.3 is 10.1 Å². The lowest BCUT2D eigenvalue weighted by molar-refractivity contribution is 0.0600. The van der Waals surface area contributed by atoms with Gasteiger partial charge in [-0.25, -0.2) is 9.78 Å². The van der Waals surface area contributed by atoms with E-state index in [1.165, 1.54) is 37.6 Å². The Hall–Kier alpha value is -2.51. The number of anilines is 1. The van der Waals surface area contributed by atoms with Crippen molar-refractivity contribution in [2.24, 2.45) is 0 Å². The highest BCUT2D eigenvalue weighted by atomic mass is 35.5. The Labute approximate surface area is 142 Å². The van der Waals surface area contributed by atoms with Crippen LogP contribution in [0.25, 0.3) is 0 Å². The normalized spacial score (nSPS) is 9.83. The quantitative estimate of drug-likeness (QED) is 0.504. The molecule has 0 aliphatic heterocycles. The van der Waals surface area contributed by atoms with E-state index in [9.17, 15) is 9.59 Å². The predicted octanol–water partition coefficient (Wildman–Crippen LogP) is 2.65. The average molecular weight is 350 g/mol. The number of carbonyl (C=O) groups excluding carboxylic acids is 2. The van der Waals surface area contributed by atoms with Gasteiger partial charge in [0.05, 0.1) is 24.6 Å². The third-order valence-corrected chi connectivity index (χ3v) is 3.21. The number of hydrogen-bond acceptors (Lipinski definition) is 5. The number of rotatable bonds is 3. The first-order valence-electron chi connectivity index (χ1n) is 6.42. The molecule has 1 aromatic carbocycles. The predicted molar refractivity (Wildman–Crippen MR) is 90.7 cm³/mol. The highest BCUT2D eigenvalue weighted by Gasteiger charge is 2.10. The Kier molecular flexibility index (Phi) is 5.61. The Morgan fingerprint density at radius 1 is 1.13 bits per heavy atom. The van der Waals surface area contributed by atoms with Gasteiger partial charge in [0.25, 0.3) is 5.91 Å². The van der Waals surface area contributed by atoms with Crippen LogP contribution in [-0.2, 0) is 4.74 Å². The van der Waals surface area contributed by atoms with Crippen molar-refractivity contribution in [2.45, 2.75) is 0 Å². The number of benzene rings is 1. The van der Waals surface area contributed by atoms with E-state index in [4.69, 9.17) is 23.8 Å². The van der Waals surface area contributed by atoms with Crippen molar-refractivity contribution < 1.29 is 14.3 Å². The number of halogens is 1. The van der Waals surface area contributed by atoms with Gasteiger partial charge in [0.1, 0.15) is 5.15 Å². The van der Waals surface area contributed by atoms with Crippen molar-refractivity contribution in [1.82, 2.24) is 10.3 Å². The monoisotopic (exact) mass is 349 g/mol. The molecule has 2 N–H and O–H groups in total. The molecular formula is C15H12ClN3O3S. The molecule has 0 unspecified atom stereocenters. The molecule has 1 amide bonds. The molecule has 0 aliphatic carbocycles. The zero-order chi connectivity index (χ0) is 16.8. The summed E-state index contributed by atoms with van der Waals surface area (Å²) in [4.78, 5) is 27.3. The minimum atomic E-state index is -0.468. The molecule has 0 bridgehead atoms. The lowest BCUT2D eigenvalue weighted by Gasteiger charge is -2.09. The fraction of sp³-hybridized carbons (Fsp3) is 0.0667. The van der Waals surface area contributed by atoms with Crippen LogP contribution in [0.5, 0.6) is 0 Å². The summed E-state index contributed by atoms with van der Waals surface area (Å²) in [6.45, 7) is 0. The van der Waals surface area contributed by atoms with E-state index in [-0.39, 0.29) is 5.11 Å². The van der Waals surface area contributed by atoms with Gasteiger partial charge in [0.2, 0.25) is 0 Å². The van der Waals surface area contributed by atoms with E-state index in [1.807, 2.05) is 0 Å². The lowest BCUT2D eigenvalue weighted by Crippen LogP contribution is -2.34. The van der Waals surface area contributed by atoms with Gasteiger partial charge in [0, 0.05) is 5.56 Å². The van der Waals surface area contributed by atoms with Gasteiger partial charge in [-0.2, -0.15) is 0 Å². The van der Waals surface area contributed by atoms with Crippen LogP contribution in [0, 0.1) is 0 Å². The zero-order valence-electron chi connectivity index (χ0n) is 12.0. The minimum Gasteiger partial charge on any atom is -0.465 e. The van der Waals surface area contributed by atoms with Crippen molar-refractivity contribution >= 4 is 46.5 Å². The molecule has 0 saturated heterocycles. The maximum Gasteiger partial charge on any atom is 0.337 e. The summed E-state index contributed by atoms with van der Waals surface area (Å²) >= 11 is 10.7. The summed E-state index contributed by atoms with van der Waals surface area (Å²) in [7, 11) is 1.29. The lowest BCUT2D eigenvalue weighted by atomic mass is 10.1. The Morgan fingerprint density at radius 3 is 2.35 bits per heavy atom. The number of thiocarbonyl (C=S) groups is 1. The molecule has 0 atom stereocenters. The van der Waals surface area contributed by atoms with E-state index in [1.54, 1.807) is 12.1 Å². The minimum absolute atomic E-state index is 0.121. The maximum atomic E-state index is 12.1. The number of methoxy groups -OCH3 is 1. The molecule has 0 spiro atoms. The standard InChI is InChI=1S/C15H12ClN3O3S/c1-22-14(21)10-4-2-9(3-5-10)13(20)19-15(23)18-11-6-7-12(16)17-8-11/h2-8H,1H3,(H2,18,19,20,23).